The Labute approximate surface area is 135 Å². The number of amides is 1. The van der Waals surface area contributed by atoms with Crippen LogP contribution in [0.4, 0.5) is 0 Å². The molecule has 0 radical (unpaired) electrons. The molecule has 0 aromatic heterocycles. The molecular weight excluding hydrogens is 320 g/mol. The number of nitrogens with one attached hydrogen (secondary N) is 1. The molecule has 0 unspecified atom stereocenters. The molecule has 0 bridgehead atoms. The van der Waals surface area contributed by atoms with Crippen LogP contribution < -0.4 is 4.72 Å². The zero-order chi connectivity index (χ0) is 17.2. The molecule has 1 heterocycles. The highest BCUT2D eigenvalue weighted by atomic mass is 32.2. The zero-order valence-electron chi connectivity index (χ0n) is 13.1. The Bertz CT molecular complexity index is 729. The van der Waals surface area contributed by atoms with Crippen molar-refractivity contribution in [1.29, 1.82) is 0 Å². The Morgan fingerprint density at radius 1 is 1.30 bits per heavy atom. The molecule has 0 saturated carbocycles. The fourth-order valence-electron chi connectivity index (χ4n) is 2.70. The molecule has 1 saturated heterocycles. The summed E-state index contributed by atoms with van der Waals surface area (Å²) in [4.78, 5) is 25.1. The van der Waals surface area contributed by atoms with Gasteiger partial charge in [-0.2, -0.15) is 0 Å². The first-order valence-electron chi connectivity index (χ1n) is 7.37. The van der Waals surface area contributed by atoms with Gasteiger partial charge in [0.2, 0.25) is 10.0 Å². The summed E-state index contributed by atoms with van der Waals surface area (Å²) in [5.74, 6) is -1.44. The number of carboxylic acids is 1. The van der Waals surface area contributed by atoms with Gasteiger partial charge in [0, 0.05) is 25.2 Å². The predicted octanol–water partition coefficient (Wildman–Crippen LogP) is 0.847. The first kappa shape index (κ1) is 17.4. The lowest BCUT2D eigenvalue weighted by molar-refractivity contribution is 0.0696. The van der Waals surface area contributed by atoms with Crippen LogP contribution in [0.25, 0.3) is 0 Å². The van der Waals surface area contributed by atoms with E-state index in [9.17, 15) is 18.0 Å². The third-order valence-corrected chi connectivity index (χ3v) is 5.74. The van der Waals surface area contributed by atoms with Crippen molar-refractivity contribution in [3.05, 3.63) is 34.9 Å². The summed E-state index contributed by atoms with van der Waals surface area (Å²) in [6, 6.07) is 4.42. The van der Waals surface area contributed by atoms with Crippen LogP contribution in [-0.2, 0) is 10.0 Å². The van der Waals surface area contributed by atoms with E-state index < -0.39 is 21.2 Å². The minimum atomic E-state index is -3.43. The molecule has 2 N–H and O–H groups in total. The highest BCUT2D eigenvalue weighted by molar-refractivity contribution is 7.90. The zero-order valence-corrected chi connectivity index (χ0v) is 13.9. The molecule has 0 aliphatic carbocycles. The number of rotatable bonds is 5. The lowest BCUT2D eigenvalue weighted by Gasteiger charge is -2.17. The fraction of sp³-hybridized carbons (Fsp3) is 0.467. The van der Waals surface area contributed by atoms with Crippen molar-refractivity contribution in [3.63, 3.8) is 0 Å². The van der Waals surface area contributed by atoms with Crippen LogP contribution in [0.5, 0.6) is 0 Å². The average Bonchev–Trinajstić information content (AvgIpc) is 2.96. The number of hydrogen-bond acceptors (Lipinski definition) is 4. The summed E-state index contributed by atoms with van der Waals surface area (Å²) in [6.45, 7) is 4.18. The molecule has 1 aliphatic heterocycles. The number of sulfonamides is 1. The summed E-state index contributed by atoms with van der Waals surface area (Å²) in [6.07, 6.45) is 0.374. The molecule has 23 heavy (non-hydrogen) atoms. The van der Waals surface area contributed by atoms with Crippen molar-refractivity contribution in [1.82, 2.24) is 9.62 Å². The number of likely N-dealkylation sites (tertiary alicyclic amines) is 1. The Balaban J connectivity index is 2.18. The largest absolute Gasteiger partial charge is 0.478 e. The minimum absolute atomic E-state index is 0.0457. The average molecular weight is 340 g/mol. The molecule has 0 spiro atoms. The maximum absolute atomic E-state index is 12.5. The van der Waals surface area contributed by atoms with Crippen molar-refractivity contribution in [2.45, 2.75) is 25.5 Å². The highest BCUT2D eigenvalue weighted by Gasteiger charge is 2.35. The normalized spacial score (nSPS) is 18.2. The molecule has 2 rings (SSSR count). The van der Waals surface area contributed by atoms with Crippen LogP contribution >= 0.6 is 0 Å². The molecule has 126 valence electrons. The lowest BCUT2D eigenvalue weighted by Crippen LogP contribution is -2.37. The summed E-state index contributed by atoms with van der Waals surface area (Å²) in [7, 11) is -3.43. The van der Waals surface area contributed by atoms with Gasteiger partial charge < -0.3 is 10.0 Å². The van der Waals surface area contributed by atoms with Crippen molar-refractivity contribution >= 4 is 21.9 Å². The van der Waals surface area contributed by atoms with Gasteiger partial charge in [0.25, 0.3) is 5.91 Å². The number of aryl methyl sites for hydroxylation is 1. The molecule has 8 heteroatoms. The predicted molar refractivity (Wildman–Crippen MR) is 85.0 cm³/mol. The molecule has 1 aliphatic rings. The second-order valence-electron chi connectivity index (χ2n) is 5.60. The van der Waals surface area contributed by atoms with Gasteiger partial charge in [0.05, 0.1) is 10.8 Å². The third kappa shape index (κ3) is 3.89. The van der Waals surface area contributed by atoms with E-state index in [1.165, 1.54) is 17.0 Å². The maximum atomic E-state index is 12.5. The summed E-state index contributed by atoms with van der Waals surface area (Å²) in [5, 5.41) is 8.45. The van der Waals surface area contributed by atoms with E-state index in [4.69, 9.17) is 5.11 Å². The molecule has 1 aromatic rings. The van der Waals surface area contributed by atoms with Crippen molar-refractivity contribution in [2.75, 3.05) is 19.6 Å². The number of nitrogens with zero attached hydrogens (tertiary/aromatic N) is 1. The SMILES string of the molecule is CCNS(=O)(=O)[C@H]1CCN(C(=O)c2cc(C)cc(C(=O)O)c2)C1. The second-order valence-corrected chi connectivity index (χ2v) is 7.64. The standard InChI is InChI=1S/C15H20N2O5S/c1-3-16-23(21,22)13-4-5-17(9-13)14(18)11-6-10(2)7-12(8-11)15(19)20/h6-8,13,16H,3-5,9H2,1-2H3,(H,19,20)/t13-/m0/s1. The monoisotopic (exact) mass is 340 g/mol. The van der Waals surface area contributed by atoms with E-state index in [0.717, 1.165) is 0 Å². The summed E-state index contributed by atoms with van der Waals surface area (Å²) >= 11 is 0. The van der Waals surface area contributed by atoms with E-state index in [-0.39, 0.29) is 23.6 Å². The Morgan fingerprint density at radius 2 is 1.96 bits per heavy atom. The van der Waals surface area contributed by atoms with Gasteiger partial charge in [-0.15, -0.1) is 0 Å². The lowest BCUT2D eigenvalue weighted by atomic mass is 10.1. The number of hydrogen-bond donors (Lipinski definition) is 2. The maximum Gasteiger partial charge on any atom is 0.335 e. The summed E-state index contributed by atoms with van der Waals surface area (Å²) in [5.41, 5.74) is 0.984. The van der Waals surface area contributed by atoms with E-state index in [0.29, 0.717) is 25.1 Å². The Kier molecular flexibility index (Phi) is 5.06. The highest BCUT2D eigenvalue weighted by Crippen LogP contribution is 2.20. The molecule has 7 nitrogen and oxygen atoms in total. The smallest absolute Gasteiger partial charge is 0.335 e. The van der Waals surface area contributed by atoms with Gasteiger partial charge in [-0.25, -0.2) is 17.9 Å². The minimum Gasteiger partial charge on any atom is -0.478 e. The fourth-order valence-corrected chi connectivity index (χ4v) is 4.13. The van der Waals surface area contributed by atoms with Crippen molar-refractivity contribution < 1.29 is 23.1 Å². The first-order valence-corrected chi connectivity index (χ1v) is 8.92. The number of benzene rings is 1. The van der Waals surface area contributed by atoms with Crippen LogP contribution in [0.15, 0.2) is 18.2 Å². The Morgan fingerprint density at radius 3 is 2.57 bits per heavy atom. The van der Waals surface area contributed by atoms with Crippen molar-refractivity contribution in [2.24, 2.45) is 0 Å². The molecule has 1 amide bonds. The topological polar surface area (TPSA) is 104 Å². The molecular formula is C15H20N2O5S. The summed E-state index contributed by atoms with van der Waals surface area (Å²) < 4.78 is 26.5. The van der Waals surface area contributed by atoms with Gasteiger partial charge in [-0.3, -0.25) is 4.79 Å². The quantitative estimate of drug-likeness (QED) is 0.827. The molecule has 1 fully saturated rings. The number of carbonyl (C=O) groups excluding carboxylic acids is 1. The van der Waals surface area contributed by atoms with Crippen molar-refractivity contribution in [3.8, 4) is 0 Å². The van der Waals surface area contributed by atoms with Gasteiger partial charge in [0.1, 0.15) is 0 Å². The van der Waals surface area contributed by atoms with Crippen LogP contribution in [0.3, 0.4) is 0 Å². The van der Waals surface area contributed by atoms with Gasteiger partial charge >= 0.3 is 5.97 Å². The second kappa shape index (κ2) is 6.67. The Hall–Kier alpha value is -1.93. The van der Waals surface area contributed by atoms with Crippen LogP contribution in [0.1, 0.15) is 39.6 Å². The van der Waals surface area contributed by atoms with E-state index in [1.54, 1.807) is 19.9 Å². The molecule has 1 atom stereocenters. The number of aromatic carboxylic acids is 1. The van der Waals surface area contributed by atoms with E-state index in [1.807, 2.05) is 0 Å². The van der Waals surface area contributed by atoms with E-state index in [2.05, 4.69) is 4.72 Å². The third-order valence-electron chi connectivity index (χ3n) is 3.79. The van der Waals surface area contributed by atoms with Gasteiger partial charge in [0.15, 0.2) is 0 Å². The number of carboxylic acid groups (broad SMARTS) is 1. The van der Waals surface area contributed by atoms with Crippen LogP contribution in [0.2, 0.25) is 0 Å². The van der Waals surface area contributed by atoms with Gasteiger partial charge in [-0.05, 0) is 37.1 Å². The molecule has 1 aromatic carbocycles. The van der Waals surface area contributed by atoms with Crippen LogP contribution in [-0.4, -0.2) is 55.2 Å². The van der Waals surface area contributed by atoms with Gasteiger partial charge in [-0.1, -0.05) is 6.92 Å². The first-order chi connectivity index (χ1) is 10.7. The number of carbonyl (C=O) groups is 2. The van der Waals surface area contributed by atoms with E-state index >= 15 is 0 Å². The van der Waals surface area contributed by atoms with Crippen LogP contribution in [0, 0.1) is 6.92 Å².